The van der Waals surface area contributed by atoms with Gasteiger partial charge in [0.05, 0.1) is 15.6 Å². The normalized spacial score (nSPS) is 10.0. The fraction of sp³-hybridized carbons (Fsp3) is 0.0667. The first-order valence-electron chi connectivity index (χ1n) is 6.09. The summed E-state index contributed by atoms with van der Waals surface area (Å²) in [7, 11) is 1.56. The van der Waals surface area contributed by atoms with Crippen molar-refractivity contribution in [2.45, 2.75) is 0 Å². The van der Waals surface area contributed by atoms with Crippen LogP contribution in [0.4, 0.5) is 10.5 Å². The Morgan fingerprint density at radius 3 is 2.10 bits per heavy atom. The van der Waals surface area contributed by atoms with Gasteiger partial charge in [-0.05, 0) is 24.3 Å². The first-order valence-corrected chi connectivity index (χ1v) is 6.84. The van der Waals surface area contributed by atoms with Crippen LogP contribution < -0.4 is 10.2 Å². The molecule has 0 saturated heterocycles. The third kappa shape index (κ3) is 3.54. The number of rotatable bonds is 2. The first-order chi connectivity index (χ1) is 10.0. The molecule has 2 rings (SSSR count). The van der Waals surface area contributed by atoms with Crippen molar-refractivity contribution in [3.8, 4) is 0 Å². The number of carbonyl (C=O) groups excluding carboxylic acids is 2. The molecule has 0 radical (unpaired) electrons. The Kier molecular flexibility index (Phi) is 4.83. The number of nitrogens with zero attached hydrogens (tertiary/aromatic N) is 1. The Labute approximate surface area is 132 Å². The number of benzene rings is 2. The van der Waals surface area contributed by atoms with E-state index in [2.05, 4.69) is 5.32 Å². The van der Waals surface area contributed by atoms with Gasteiger partial charge in [-0.1, -0.05) is 47.5 Å². The molecule has 0 fully saturated rings. The molecule has 21 heavy (non-hydrogen) atoms. The van der Waals surface area contributed by atoms with Crippen molar-refractivity contribution < 1.29 is 9.59 Å². The molecule has 0 unspecified atom stereocenters. The molecule has 0 aliphatic rings. The molecule has 0 aliphatic carbocycles. The third-order valence-corrected chi connectivity index (χ3v) is 3.49. The predicted octanol–water partition coefficient (Wildman–Crippen LogP) is 3.98. The average molecular weight is 323 g/mol. The molecular weight excluding hydrogens is 311 g/mol. The van der Waals surface area contributed by atoms with Crippen LogP contribution in [0.3, 0.4) is 0 Å². The highest BCUT2D eigenvalue weighted by Crippen LogP contribution is 2.24. The van der Waals surface area contributed by atoms with E-state index in [0.717, 1.165) is 0 Å². The zero-order valence-corrected chi connectivity index (χ0v) is 12.7. The first kappa shape index (κ1) is 15.4. The fourth-order valence-corrected chi connectivity index (χ4v) is 2.30. The lowest BCUT2D eigenvalue weighted by molar-refractivity contribution is 0.0966. The second-order valence-corrected chi connectivity index (χ2v) is 5.06. The van der Waals surface area contributed by atoms with Gasteiger partial charge in [-0.2, -0.15) is 0 Å². The summed E-state index contributed by atoms with van der Waals surface area (Å²) in [5.74, 6) is -0.640. The van der Waals surface area contributed by atoms with Gasteiger partial charge in [0.15, 0.2) is 0 Å². The van der Waals surface area contributed by atoms with Crippen molar-refractivity contribution in [1.29, 1.82) is 0 Å². The van der Waals surface area contributed by atoms with E-state index in [1.54, 1.807) is 37.4 Å². The highest BCUT2D eigenvalue weighted by molar-refractivity contribution is 6.40. The van der Waals surface area contributed by atoms with Gasteiger partial charge in [-0.15, -0.1) is 0 Å². The number of imide groups is 1. The van der Waals surface area contributed by atoms with E-state index in [1.807, 2.05) is 6.07 Å². The number of nitrogens with one attached hydrogen (secondary N) is 1. The Bertz CT molecular complexity index is 654. The van der Waals surface area contributed by atoms with Crippen LogP contribution in [0.5, 0.6) is 0 Å². The molecule has 2 aromatic carbocycles. The monoisotopic (exact) mass is 322 g/mol. The molecule has 0 bridgehead atoms. The van der Waals surface area contributed by atoms with Gasteiger partial charge in [0.1, 0.15) is 0 Å². The maximum atomic E-state index is 12.1. The number of hydrogen-bond acceptors (Lipinski definition) is 2. The van der Waals surface area contributed by atoms with Gasteiger partial charge in [0.25, 0.3) is 5.91 Å². The topological polar surface area (TPSA) is 49.4 Å². The van der Waals surface area contributed by atoms with E-state index in [0.29, 0.717) is 5.69 Å². The van der Waals surface area contributed by atoms with Crippen LogP contribution in [0.15, 0.2) is 48.5 Å². The molecule has 6 heteroatoms. The standard InChI is InChI=1S/C15H12Cl2N2O2/c1-19(10-6-3-2-4-7-10)15(21)18-14(20)13-11(16)8-5-9-12(13)17/h2-9H,1H3,(H,18,20,21). The minimum atomic E-state index is -0.640. The molecular formula is C15H12Cl2N2O2. The van der Waals surface area contributed by atoms with Crippen molar-refractivity contribution >= 4 is 40.8 Å². The van der Waals surface area contributed by atoms with Crippen LogP contribution in [-0.2, 0) is 0 Å². The molecule has 2 aromatic rings. The Morgan fingerprint density at radius 1 is 0.952 bits per heavy atom. The summed E-state index contributed by atoms with van der Waals surface area (Å²) in [5.41, 5.74) is 0.740. The van der Waals surface area contributed by atoms with Gasteiger partial charge >= 0.3 is 6.03 Å². The number of para-hydroxylation sites is 1. The van der Waals surface area contributed by atoms with Crippen molar-refractivity contribution in [3.63, 3.8) is 0 Å². The quantitative estimate of drug-likeness (QED) is 0.909. The summed E-state index contributed by atoms with van der Waals surface area (Å²) < 4.78 is 0. The molecule has 0 spiro atoms. The summed E-state index contributed by atoms with van der Waals surface area (Å²) >= 11 is 11.9. The highest BCUT2D eigenvalue weighted by Gasteiger charge is 2.19. The Morgan fingerprint density at radius 2 is 1.52 bits per heavy atom. The number of carbonyl (C=O) groups is 2. The maximum absolute atomic E-state index is 12.1. The zero-order valence-electron chi connectivity index (χ0n) is 11.1. The molecule has 4 nitrogen and oxygen atoms in total. The highest BCUT2D eigenvalue weighted by atomic mass is 35.5. The van der Waals surface area contributed by atoms with Gasteiger partial charge in [-0.3, -0.25) is 15.0 Å². The summed E-state index contributed by atoms with van der Waals surface area (Å²) in [4.78, 5) is 25.5. The van der Waals surface area contributed by atoms with E-state index in [9.17, 15) is 9.59 Å². The fourth-order valence-electron chi connectivity index (χ4n) is 1.73. The summed E-state index contributed by atoms with van der Waals surface area (Å²) in [6, 6.07) is 13.1. The van der Waals surface area contributed by atoms with E-state index < -0.39 is 11.9 Å². The smallest absolute Gasteiger partial charge is 0.297 e. The van der Waals surface area contributed by atoms with Crippen LogP contribution in [0.1, 0.15) is 10.4 Å². The second-order valence-electron chi connectivity index (χ2n) is 4.25. The minimum absolute atomic E-state index is 0.0793. The van der Waals surface area contributed by atoms with Gasteiger partial charge in [-0.25, -0.2) is 4.79 Å². The molecule has 3 amide bonds. The lowest BCUT2D eigenvalue weighted by atomic mass is 10.2. The summed E-state index contributed by atoms with van der Waals surface area (Å²) in [6.45, 7) is 0. The van der Waals surface area contributed by atoms with E-state index in [-0.39, 0.29) is 15.6 Å². The lowest BCUT2D eigenvalue weighted by Gasteiger charge is -2.17. The number of amides is 3. The largest absolute Gasteiger partial charge is 0.328 e. The molecule has 0 aliphatic heterocycles. The molecule has 0 aromatic heterocycles. The summed E-state index contributed by atoms with van der Waals surface area (Å²) in [5, 5.41) is 2.64. The average Bonchev–Trinajstić information content (AvgIpc) is 2.47. The molecule has 0 atom stereocenters. The van der Waals surface area contributed by atoms with Crippen molar-refractivity contribution in [1.82, 2.24) is 5.32 Å². The van der Waals surface area contributed by atoms with Gasteiger partial charge in [0.2, 0.25) is 0 Å². The van der Waals surface area contributed by atoms with Crippen LogP contribution in [0.25, 0.3) is 0 Å². The molecule has 108 valence electrons. The number of hydrogen-bond donors (Lipinski definition) is 1. The predicted molar refractivity (Wildman–Crippen MR) is 84.2 cm³/mol. The molecule has 0 saturated carbocycles. The van der Waals surface area contributed by atoms with E-state index in [1.165, 1.54) is 17.0 Å². The second kappa shape index (κ2) is 6.61. The van der Waals surface area contributed by atoms with Gasteiger partial charge < -0.3 is 0 Å². The Hall–Kier alpha value is -2.04. The van der Waals surface area contributed by atoms with Crippen LogP contribution >= 0.6 is 23.2 Å². The van der Waals surface area contributed by atoms with Crippen LogP contribution in [0.2, 0.25) is 10.0 Å². The maximum Gasteiger partial charge on any atom is 0.328 e. The van der Waals surface area contributed by atoms with Gasteiger partial charge in [0, 0.05) is 12.7 Å². The molecule has 0 heterocycles. The molecule has 1 N–H and O–H groups in total. The zero-order chi connectivity index (χ0) is 15.4. The Balaban J connectivity index is 2.15. The van der Waals surface area contributed by atoms with Crippen LogP contribution in [-0.4, -0.2) is 19.0 Å². The van der Waals surface area contributed by atoms with Crippen LogP contribution in [0, 0.1) is 0 Å². The van der Waals surface area contributed by atoms with Crippen molar-refractivity contribution in [2.24, 2.45) is 0 Å². The number of halogens is 2. The van der Waals surface area contributed by atoms with E-state index in [4.69, 9.17) is 23.2 Å². The SMILES string of the molecule is CN(C(=O)NC(=O)c1c(Cl)cccc1Cl)c1ccccc1. The van der Waals surface area contributed by atoms with Crippen molar-refractivity contribution in [2.75, 3.05) is 11.9 Å². The number of urea groups is 1. The minimum Gasteiger partial charge on any atom is -0.297 e. The lowest BCUT2D eigenvalue weighted by Crippen LogP contribution is -2.41. The summed E-state index contributed by atoms with van der Waals surface area (Å²) in [6.07, 6.45) is 0. The van der Waals surface area contributed by atoms with Crippen molar-refractivity contribution in [3.05, 3.63) is 64.1 Å². The third-order valence-electron chi connectivity index (χ3n) is 2.86. The van der Waals surface area contributed by atoms with E-state index >= 15 is 0 Å². The number of anilines is 1.